The number of hydrogen-bond donors (Lipinski definition) is 2. The summed E-state index contributed by atoms with van der Waals surface area (Å²) in [5.74, 6) is -0.556. The minimum atomic E-state index is -0.478. The lowest BCUT2D eigenvalue weighted by Gasteiger charge is -2.24. The maximum atomic E-state index is 13.2. The minimum absolute atomic E-state index is 0.120. The van der Waals surface area contributed by atoms with Gasteiger partial charge in [-0.25, -0.2) is 0 Å². The highest BCUT2D eigenvalue weighted by Gasteiger charge is 2.34. The summed E-state index contributed by atoms with van der Waals surface area (Å²) in [6.45, 7) is 3.03. The Labute approximate surface area is 200 Å². The molecule has 0 radical (unpaired) electrons. The quantitative estimate of drug-likeness (QED) is 0.560. The lowest BCUT2D eigenvalue weighted by atomic mass is 10.1. The number of nitrogens with one attached hydrogen (secondary N) is 2. The molecule has 174 valence electrons. The number of nitrogens with zero attached hydrogens (tertiary/aromatic N) is 1. The van der Waals surface area contributed by atoms with Crippen LogP contribution in [0.4, 0.5) is 5.69 Å². The largest absolute Gasteiger partial charge is 0.354 e. The zero-order chi connectivity index (χ0) is 23.9. The van der Waals surface area contributed by atoms with Crippen molar-refractivity contribution in [1.82, 2.24) is 10.2 Å². The fourth-order valence-electron chi connectivity index (χ4n) is 4.18. The van der Waals surface area contributed by atoms with Crippen LogP contribution in [0.3, 0.4) is 0 Å². The van der Waals surface area contributed by atoms with Gasteiger partial charge in [0.15, 0.2) is 0 Å². The van der Waals surface area contributed by atoms with Gasteiger partial charge < -0.3 is 15.5 Å². The standard InChI is InChI=1S/C28H29N3O3/c1-20-12-14-22(15-13-20)26(32)30-24-10-5-9-23(19-24)28(34)31-18-6-11-25(31)27(33)29-17-16-21-7-3-2-4-8-21/h2-5,7-10,12-15,19,25H,6,11,16-18H2,1H3,(H,29,33)(H,30,32). The molecule has 34 heavy (non-hydrogen) atoms. The third-order valence-corrected chi connectivity index (χ3v) is 6.05. The summed E-state index contributed by atoms with van der Waals surface area (Å²) < 4.78 is 0. The van der Waals surface area contributed by atoms with Gasteiger partial charge in [0.1, 0.15) is 6.04 Å². The van der Waals surface area contributed by atoms with Gasteiger partial charge in [0.2, 0.25) is 5.91 Å². The molecule has 0 spiro atoms. The summed E-state index contributed by atoms with van der Waals surface area (Å²) in [7, 11) is 0. The maximum Gasteiger partial charge on any atom is 0.255 e. The van der Waals surface area contributed by atoms with Crippen molar-refractivity contribution in [1.29, 1.82) is 0 Å². The Kier molecular flexibility index (Phi) is 7.38. The Morgan fingerprint density at radius 1 is 0.912 bits per heavy atom. The second-order valence-corrected chi connectivity index (χ2v) is 8.58. The molecule has 1 aliphatic rings. The Hall–Kier alpha value is -3.93. The van der Waals surface area contributed by atoms with E-state index < -0.39 is 6.04 Å². The average Bonchev–Trinajstić information content (AvgIpc) is 3.35. The van der Waals surface area contributed by atoms with Gasteiger partial charge in [0.05, 0.1) is 0 Å². The third-order valence-electron chi connectivity index (χ3n) is 6.05. The van der Waals surface area contributed by atoms with Crippen LogP contribution < -0.4 is 10.6 Å². The smallest absolute Gasteiger partial charge is 0.255 e. The lowest BCUT2D eigenvalue weighted by molar-refractivity contribution is -0.124. The van der Waals surface area contributed by atoms with Gasteiger partial charge >= 0.3 is 0 Å². The van der Waals surface area contributed by atoms with Gasteiger partial charge in [-0.3, -0.25) is 14.4 Å². The number of rotatable bonds is 7. The molecule has 2 N–H and O–H groups in total. The van der Waals surface area contributed by atoms with Crippen LogP contribution in [0, 0.1) is 6.92 Å². The Bertz CT molecular complexity index is 1160. The van der Waals surface area contributed by atoms with Gasteiger partial charge in [0.25, 0.3) is 11.8 Å². The lowest BCUT2D eigenvalue weighted by Crippen LogP contribution is -2.46. The van der Waals surface area contributed by atoms with E-state index in [0.717, 1.165) is 24.0 Å². The molecule has 0 saturated carbocycles. The molecular weight excluding hydrogens is 426 g/mol. The number of likely N-dealkylation sites (tertiary alicyclic amines) is 1. The van der Waals surface area contributed by atoms with Crippen LogP contribution in [0.1, 0.15) is 44.7 Å². The average molecular weight is 456 g/mol. The number of anilines is 1. The Morgan fingerprint density at radius 3 is 2.44 bits per heavy atom. The molecule has 0 aliphatic carbocycles. The van der Waals surface area contributed by atoms with Crippen LogP contribution >= 0.6 is 0 Å². The Balaban J connectivity index is 1.37. The molecular formula is C28H29N3O3. The summed E-state index contributed by atoms with van der Waals surface area (Å²) >= 11 is 0. The van der Waals surface area contributed by atoms with Crippen LogP contribution in [-0.2, 0) is 11.2 Å². The molecule has 3 amide bonds. The van der Waals surface area contributed by atoms with E-state index in [2.05, 4.69) is 10.6 Å². The summed E-state index contributed by atoms with van der Waals surface area (Å²) in [6, 6.07) is 23.7. The maximum absolute atomic E-state index is 13.2. The van der Waals surface area contributed by atoms with Crippen LogP contribution in [0.5, 0.6) is 0 Å². The third kappa shape index (κ3) is 5.70. The first-order valence-electron chi connectivity index (χ1n) is 11.6. The number of carbonyl (C=O) groups excluding carboxylic acids is 3. The zero-order valence-corrected chi connectivity index (χ0v) is 19.3. The van der Waals surface area contributed by atoms with Gasteiger partial charge in [-0.1, -0.05) is 54.1 Å². The molecule has 1 unspecified atom stereocenters. The predicted octanol–water partition coefficient (Wildman–Crippen LogP) is 4.21. The highest BCUT2D eigenvalue weighted by atomic mass is 16.2. The highest BCUT2D eigenvalue weighted by Crippen LogP contribution is 2.22. The van der Waals surface area contributed by atoms with Crippen molar-refractivity contribution in [3.8, 4) is 0 Å². The SMILES string of the molecule is Cc1ccc(C(=O)Nc2cccc(C(=O)N3CCCC3C(=O)NCCc3ccccc3)c2)cc1. The number of hydrogen-bond acceptors (Lipinski definition) is 3. The fraction of sp³-hybridized carbons (Fsp3) is 0.250. The van der Waals surface area contributed by atoms with Crippen LogP contribution in [-0.4, -0.2) is 41.8 Å². The zero-order valence-electron chi connectivity index (χ0n) is 19.3. The minimum Gasteiger partial charge on any atom is -0.354 e. The molecule has 1 fully saturated rings. The van der Waals surface area contributed by atoms with E-state index in [1.54, 1.807) is 41.3 Å². The van der Waals surface area contributed by atoms with Crippen molar-refractivity contribution >= 4 is 23.4 Å². The summed E-state index contributed by atoms with van der Waals surface area (Å²) in [4.78, 5) is 40.2. The first-order valence-corrected chi connectivity index (χ1v) is 11.6. The normalized spacial score (nSPS) is 15.1. The van der Waals surface area contributed by atoms with E-state index in [1.807, 2.05) is 49.4 Å². The second kappa shape index (κ2) is 10.8. The molecule has 1 saturated heterocycles. The van der Waals surface area contributed by atoms with E-state index >= 15 is 0 Å². The first-order chi connectivity index (χ1) is 16.5. The van der Waals surface area contributed by atoms with E-state index in [0.29, 0.717) is 36.3 Å². The van der Waals surface area contributed by atoms with E-state index in [4.69, 9.17) is 0 Å². The molecule has 4 rings (SSSR count). The van der Waals surface area contributed by atoms with Crippen molar-refractivity contribution in [2.24, 2.45) is 0 Å². The van der Waals surface area contributed by atoms with Gasteiger partial charge in [0, 0.05) is 29.9 Å². The highest BCUT2D eigenvalue weighted by molar-refractivity contribution is 6.05. The molecule has 1 atom stereocenters. The fourth-order valence-corrected chi connectivity index (χ4v) is 4.18. The van der Waals surface area contributed by atoms with Crippen molar-refractivity contribution in [2.45, 2.75) is 32.2 Å². The summed E-state index contributed by atoms with van der Waals surface area (Å²) in [5, 5.41) is 5.83. The van der Waals surface area contributed by atoms with Gasteiger partial charge in [-0.05, 0) is 62.1 Å². The molecule has 3 aromatic rings. The summed E-state index contributed by atoms with van der Waals surface area (Å²) in [6.07, 6.45) is 2.18. The predicted molar refractivity (Wildman–Crippen MR) is 133 cm³/mol. The molecule has 6 nitrogen and oxygen atoms in total. The number of amides is 3. The van der Waals surface area contributed by atoms with Crippen molar-refractivity contribution < 1.29 is 14.4 Å². The van der Waals surface area contributed by atoms with Crippen molar-refractivity contribution in [3.05, 3.63) is 101 Å². The van der Waals surface area contributed by atoms with Crippen LogP contribution in [0.2, 0.25) is 0 Å². The first kappa shape index (κ1) is 23.2. The molecule has 3 aromatic carbocycles. The van der Waals surface area contributed by atoms with E-state index in [9.17, 15) is 14.4 Å². The van der Waals surface area contributed by atoms with E-state index in [-0.39, 0.29) is 17.7 Å². The number of aryl methyl sites for hydroxylation is 1. The van der Waals surface area contributed by atoms with Gasteiger partial charge in [-0.15, -0.1) is 0 Å². The second-order valence-electron chi connectivity index (χ2n) is 8.58. The number of benzene rings is 3. The van der Waals surface area contributed by atoms with Crippen LogP contribution in [0.25, 0.3) is 0 Å². The van der Waals surface area contributed by atoms with Crippen molar-refractivity contribution in [3.63, 3.8) is 0 Å². The molecule has 6 heteroatoms. The monoisotopic (exact) mass is 455 g/mol. The molecule has 0 bridgehead atoms. The van der Waals surface area contributed by atoms with E-state index in [1.165, 1.54) is 0 Å². The molecule has 1 aliphatic heterocycles. The number of carbonyl (C=O) groups is 3. The topological polar surface area (TPSA) is 78.5 Å². The summed E-state index contributed by atoms with van der Waals surface area (Å²) in [5.41, 5.74) is 3.78. The molecule has 1 heterocycles. The van der Waals surface area contributed by atoms with Gasteiger partial charge in [-0.2, -0.15) is 0 Å². The van der Waals surface area contributed by atoms with Crippen molar-refractivity contribution in [2.75, 3.05) is 18.4 Å². The van der Waals surface area contributed by atoms with Crippen LogP contribution in [0.15, 0.2) is 78.9 Å². The Morgan fingerprint density at radius 2 is 1.68 bits per heavy atom. The molecule has 0 aromatic heterocycles.